The van der Waals surface area contributed by atoms with Gasteiger partial charge in [-0.3, -0.25) is 15.1 Å². The number of nitrogen functional groups attached to an aromatic ring is 1. The van der Waals surface area contributed by atoms with Gasteiger partial charge in [0.2, 0.25) is 0 Å². The molecule has 0 unspecified atom stereocenters. The third-order valence-electron chi connectivity index (χ3n) is 5.75. The van der Waals surface area contributed by atoms with Crippen LogP contribution in [0.4, 0.5) is 5.69 Å². The molecule has 0 bridgehead atoms. The molecule has 9 nitrogen and oxygen atoms in total. The topological polar surface area (TPSA) is 135 Å². The summed E-state index contributed by atoms with van der Waals surface area (Å²) in [6, 6.07) is 13.5. The second kappa shape index (κ2) is 7.73. The van der Waals surface area contributed by atoms with Gasteiger partial charge in [0, 0.05) is 29.7 Å². The van der Waals surface area contributed by atoms with Gasteiger partial charge in [-0.15, -0.1) is 0 Å². The standard InChI is InChI=1S/C25H21N9/c1-13(2)20-16(26)11-14(12-29-20)17-6-7-19-22(30-17)23(34-33-19)25-31-21-15(8-10-28-24(21)32-25)18-5-3-4-9-27-18/h3-13H,26H2,1-2H3,(H,33,34)(H,28,31,32). The van der Waals surface area contributed by atoms with E-state index in [1.165, 1.54) is 0 Å². The van der Waals surface area contributed by atoms with E-state index in [0.29, 0.717) is 28.4 Å². The average molecular weight is 448 g/mol. The predicted molar refractivity (Wildman–Crippen MR) is 132 cm³/mol. The number of nitrogens with zero attached hydrogens (tertiary/aromatic N) is 6. The average Bonchev–Trinajstić information content (AvgIpc) is 3.47. The van der Waals surface area contributed by atoms with Crippen LogP contribution in [-0.2, 0) is 0 Å². The Bertz CT molecular complexity index is 1650. The lowest BCUT2D eigenvalue weighted by Gasteiger charge is -2.09. The molecule has 6 rings (SSSR count). The first-order valence-corrected chi connectivity index (χ1v) is 11.0. The van der Waals surface area contributed by atoms with Crippen LogP contribution in [0.25, 0.3) is 56.2 Å². The van der Waals surface area contributed by atoms with Crippen molar-refractivity contribution in [3.8, 4) is 34.0 Å². The number of nitrogens with one attached hydrogen (secondary N) is 2. The highest BCUT2D eigenvalue weighted by atomic mass is 15.2. The minimum absolute atomic E-state index is 0.252. The fourth-order valence-electron chi connectivity index (χ4n) is 4.09. The van der Waals surface area contributed by atoms with Gasteiger partial charge in [0.05, 0.1) is 28.3 Å². The van der Waals surface area contributed by atoms with Crippen molar-refractivity contribution in [2.45, 2.75) is 19.8 Å². The molecule has 0 spiro atoms. The van der Waals surface area contributed by atoms with Crippen molar-refractivity contribution in [2.24, 2.45) is 0 Å². The van der Waals surface area contributed by atoms with Gasteiger partial charge in [0.25, 0.3) is 0 Å². The van der Waals surface area contributed by atoms with Crippen LogP contribution in [0.1, 0.15) is 25.5 Å². The van der Waals surface area contributed by atoms with Crippen LogP contribution in [0.2, 0.25) is 0 Å². The molecule has 0 aliphatic rings. The van der Waals surface area contributed by atoms with Crippen LogP contribution in [0.3, 0.4) is 0 Å². The molecule has 0 radical (unpaired) electrons. The first-order chi connectivity index (χ1) is 16.6. The Kier molecular flexibility index (Phi) is 4.54. The zero-order valence-corrected chi connectivity index (χ0v) is 18.6. The van der Waals surface area contributed by atoms with Crippen molar-refractivity contribution in [2.75, 3.05) is 5.73 Å². The van der Waals surface area contributed by atoms with Crippen LogP contribution in [-0.4, -0.2) is 40.1 Å². The maximum atomic E-state index is 6.24. The SMILES string of the molecule is CC(C)c1ncc(-c2ccc3[nH]nc(-c4nc5c(-c6ccccn6)ccnc5[nH]4)c3n2)cc1N. The van der Waals surface area contributed by atoms with E-state index in [-0.39, 0.29) is 5.92 Å². The maximum Gasteiger partial charge on any atom is 0.162 e. The number of aromatic nitrogens is 8. The summed E-state index contributed by atoms with van der Waals surface area (Å²) in [5, 5.41) is 7.53. The Morgan fingerprint density at radius 2 is 1.79 bits per heavy atom. The van der Waals surface area contributed by atoms with E-state index in [1.807, 2.05) is 48.7 Å². The van der Waals surface area contributed by atoms with Gasteiger partial charge >= 0.3 is 0 Å². The number of hydrogen-bond acceptors (Lipinski definition) is 7. The molecule has 0 aromatic carbocycles. The molecular formula is C25H21N9. The molecule has 0 aliphatic heterocycles. The van der Waals surface area contributed by atoms with E-state index in [4.69, 9.17) is 15.7 Å². The number of rotatable bonds is 4. The molecule has 6 aromatic heterocycles. The quantitative estimate of drug-likeness (QED) is 0.356. The summed E-state index contributed by atoms with van der Waals surface area (Å²) in [7, 11) is 0. The monoisotopic (exact) mass is 447 g/mol. The maximum absolute atomic E-state index is 6.24. The number of aromatic amines is 2. The zero-order chi connectivity index (χ0) is 23.2. The molecule has 166 valence electrons. The van der Waals surface area contributed by atoms with Crippen molar-refractivity contribution < 1.29 is 0 Å². The summed E-state index contributed by atoms with van der Waals surface area (Å²) in [5.41, 5.74) is 14.6. The van der Waals surface area contributed by atoms with Gasteiger partial charge in [-0.1, -0.05) is 19.9 Å². The molecule has 4 N–H and O–H groups in total. The van der Waals surface area contributed by atoms with E-state index < -0.39 is 0 Å². The third kappa shape index (κ3) is 3.25. The van der Waals surface area contributed by atoms with Crippen molar-refractivity contribution in [3.05, 3.63) is 66.7 Å². The predicted octanol–water partition coefficient (Wildman–Crippen LogP) is 4.73. The lowest BCUT2D eigenvalue weighted by atomic mass is 10.1. The van der Waals surface area contributed by atoms with Gasteiger partial charge < -0.3 is 10.7 Å². The minimum atomic E-state index is 0.252. The van der Waals surface area contributed by atoms with Crippen LogP contribution in [0.5, 0.6) is 0 Å². The van der Waals surface area contributed by atoms with Crippen LogP contribution < -0.4 is 5.73 Å². The smallest absolute Gasteiger partial charge is 0.162 e. The van der Waals surface area contributed by atoms with Crippen LogP contribution >= 0.6 is 0 Å². The Morgan fingerprint density at radius 1 is 0.882 bits per heavy atom. The Morgan fingerprint density at radius 3 is 2.59 bits per heavy atom. The highest BCUT2D eigenvalue weighted by Crippen LogP contribution is 2.31. The molecule has 0 saturated carbocycles. The van der Waals surface area contributed by atoms with Crippen LogP contribution in [0, 0.1) is 0 Å². The largest absolute Gasteiger partial charge is 0.397 e. The van der Waals surface area contributed by atoms with E-state index in [9.17, 15) is 0 Å². The van der Waals surface area contributed by atoms with E-state index >= 15 is 0 Å². The summed E-state index contributed by atoms with van der Waals surface area (Å²) >= 11 is 0. The first-order valence-electron chi connectivity index (χ1n) is 11.0. The van der Waals surface area contributed by atoms with E-state index in [1.54, 1.807) is 12.4 Å². The number of hydrogen-bond donors (Lipinski definition) is 3. The summed E-state index contributed by atoms with van der Waals surface area (Å²) in [5.74, 6) is 0.831. The first kappa shape index (κ1) is 20.0. The Labute approximate surface area is 194 Å². The molecule has 34 heavy (non-hydrogen) atoms. The molecule has 0 atom stereocenters. The Balaban J connectivity index is 1.47. The number of pyridine rings is 4. The molecule has 0 saturated heterocycles. The van der Waals surface area contributed by atoms with Gasteiger partial charge in [-0.25, -0.2) is 15.0 Å². The van der Waals surface area contributed by atoms with Gasteiger partial charge in [0.1, 0.15) is 11.0 Å². The molecule has 0 amide bonds. The number of imidazole rings is 1. The fraction of sp³-hybridized carbons (Fsp3) is 0.120. The third-order valence-corrected chi connectivity index (χ3v) is 5.75. The lowest BCUT2D eigenvalue weighted by molar-refractivity contribution is 0.827. The number of H-pyrrole nitrogens is 2. The fourth-order valence-corrected chi connectivity index (χ4v) is 4.09. The van der Waals surface area contributed by atoms with Gasteiger partial charge in [-0.2, -0.15) is 5.10 Å². The number of fused-ring (bicyclic) bond motifs is 2. The van der Waals surface area contributed by atoms with Crippen molar-refractivity contribution in [3.63, 3.8) is 0 Å². The van der Waals surface area contributed by atoms with Crippen molar-refractivity contribution in [1.29, 1.82) is 0 Å². The normalized spacial score (nSPS) is 11.6. The molecule has 6 aromatic rings. The van der Waals surface area contributed by atoms with Gasteiger partial charge in [-0.05, 0) is 42.3 Å². The molecule has 0 aliphatic carbocycles. The number of nitrogens with two attached hydrogens (primary N) is 1. The Hall–Kier alpha value is -4.66. The van der Waals surface area contributed by atoms with Crippen molar-refractivity contribution in [1.82, 2.24) is 40.1 Å². The summed E-state index contributed by atoms with van der Waals surface area (Å²) in [6.07, 6.45) is 5.31. The molecule has 6 heterocycles. The molecular weight excluding hydrogens is 426 g/mol. The minimum Gasteiger partial charge on any atom is -0.397 e. The van der Waals surface area contributed by atoms with E-state index in [2.05, 4.69) is 44.0 Å². The van der Waals surface area contributed by atoms with Crippen LogP contribution in [0.15, 0.2) is 61.1 Å². The van der Waals surface area contributed by atoms with E-state index in [0.717, 1.165) is 39.2 Å². The second-order valence-electron chi connectivity index (χ2n) is 8.37. The molecule has 9 heteroatoms. The highest BCUT2D eigenvalue weighted by Gasteiger charge is 2.18. The number of anilines is 1. The zero-order valence-electron chi connectivity index (χ0n) is 18.6. The summed E-state index contributed by atoms with van der Waals surface area (Å²) in [6.45, 7) is 4.14. The second-order valence-corrected chi connectivity index (χ2v) is 8.37. The summed E-state index contributed by atoms with van der Waals surface area (Å²) in [4.78, 5) is 26.4. The molecule has 0 fully saturated rings. The van der Waals surface area contributed by atoms with Crippen molar-refractivity contribution >= 4 is 27.9 Å². The van der Waals surface area contributed by atoms with Gasteiger partial charge in [0.15, 0.2) is 17.2 Å². The highest BCUT2D eigenvalue weighted by molar-refractivity contribution is 5.94. The summed E-state index contributed by atoms with van der Waals surface area (Å²) < 4.78 is 0. The lowest BCUT2D eigenvalue weighted by Crippen LogP contribution is -2.00.